The summed E-state index contributed by atoms with van der Waals surface area (Å²) in [5.74, 6) is 0. The molecule has 230 valence electrons. The fourth-order valence-electron chi connectivity index (χ4n) is 7.22. The van der Waals surface area contributed by atoms with Gasteiger partial charge in [-0.3, -0.25) is 0 Å². The van der Waals surface area contributed by atoms with Crippen molar-refractivity contribution in [2.75, 3.05) is 4.90 Å². The molecule has 0 saturated carbocycles. The molecule has 1 heteroatoms. The Bertz CT molecular complexity index is 2590. The van der Waals surface area contributed by atoms with Crippen molar-refractivity contribution in [2.45, 2.75) is 0 Å². The molecule has 0 spiro atoms. The van der Waals surface area contributed by atoms with Crippen molar-refractivity contribution in [3.05, 3.63) is 200 Å². The first kappa shape index (κ1) is 28.8. The maximum atomic E-state index is 2.45. The topological polar surface area (TPSA) is 3.24 Å². The van der Waals surface area contributed by atoms with Crippen LogP contribution in [0.3, 0.4) is 0 Å². The third kappa shape index (κ3) is 5.32. The molecule has 0 N–H and O–H groups in total. The van der Waals surface area contributed by atoms with E-state index in [0.29, 0.717) is 0 Å². The lowest BCUT2D eigenvalue weighted by molar-refractivity contribution is 1.30. The Kier molecular flexibility index (Phi) is 7.22. The van der Waals surface area contributed by atoms with Gasteiger partial charge in [0.2, 0.25) is 0 Å². The number of hydrogen-bond donors (Lipinski definition) is 0. The maximum absolute atomic E-state index is 2.45. The second-order valence-corrected chi connectivity index (χ2v) is 12.6. The smallest absolute Gasteiger partial charge is 0.0546 e. The van der Waals surface area contributed by atoms with Crippen molar-refractivity contribution in [3.8, 4) is 33.4 Å². The van der Waals surface area contributed by atoms with Crippen molar-refractivity contribution in [1.82, 2.24) is 0 Å². The number of hydrogen-bond acceptors (Lipinski definition) is 1. The zero-order valence-corrected chi connectivity index (χ0v) is 27.0. The number of benzene rings is 9. The minimum Gasteiger partial charge on any atom is -0.309 e. The lowest BCUT2D eigenvalue weighted by atomic mass is 9.90. The summed E-state index contributed by atoms with van der Waals surface area (Å²) in [4.78, 5) is 2.45. The van der Waals surface area contributed by atoms with Gasteiger partial charge in [-0.05, 0) is 91.1 Å². The molecular formula is C48H33N. The van der Waals surface area contributed by atoms with Gasteiger partial charge in [0.25, 0.3) is 0 Å². The summed E-state index contributed by atoms with van der Waals surface area (Å²) in [6.45, 7) is 0. The molecule has 0 bridgehead atoms. The first-order chi connectivity index (χ1) is 24.3. The van der Waals surface area contributed by atoms with Gasteiger partial charge in [-0.1, -0.05) is 164 Å². The van der Waals surface area contributed by atoms with Gasteiger partial charge >= 0.3 is 0 Å². The van der Waals surface area contributed by atoms with Crippen LogP contribution in [0, 0.1) is 0 Å². The Labute approximate surface area is 287 Å². The van der Waals surface area contributed by atoms with E-state index in [0.717, 1.165) is 17.1 Å². The molecule has 0 radical (unpaired) electrons. The summed E-state index contributed by atoms with van der Waals surface area (Å²) in [6, 6.07) is 72.6. The molecule has 0 saturated heterocycles. The first-order valence-electron chi connectivity index (χ1n) is 16.8. The van der Waals surface area contributed by atoms with Gasteiger partial charge < -0.3 is 4.90 Å². The third-order valence-corrected chi connectivity index (χ3v) is 9.62. The minimum absolute atomic E-state index is 1.11. The second kappa shape index (κ2) is 12.3. The molecule has 0 heterocycles. The standard InChI is InChI=1S/C48H33N/c1-2-12-34(13-3-1)37-28-30-43(31-29-37)49(46-22-10-19-38-16-8-9-20-44(38)46)47-23-11-21-45(41-26-24-35-14-4-6-17-39(35)32-41)48(47)42-27-25-36-15-5-7-18-40(36)33-42/h1-33H. The van der Waals surface area contributed by atoms with Crippen LogP contribution in [0.25, 0.3) is 65.7 Å². The van der Waals surface area contributed by atoms with Crippen LogP contribution in [0.4, 0.5) is 17.1 Å². The fourth-order valence-corrected chi connectivity index (χ4v) is 7.22. The predicted octanol–water partition coefficient (Wildman–Crippen LogP) is 13.6. The van der Waals surface area contributed by atoms with E-state index in [1.54, 1.807) is 0 Å². The SMILES string of the molecule is c1ccc(-c2ccc(N(c3cccc(-c4ccc5ccccc5c4)c3-c3ccc4ccccc4c3)c3cccc4ccccc34)cc2)cc1. The van der Waals surface area contributed by atoms with Gasteiger partial charge in [0.15, 0.2) is 0 Å². The number of anilines is 3. The van der Waals surface area contributed by atoms with Crippen molar-refractivity contribution in [2.24, 2.45) is 0 Å². The van der Waals surface area contributed by atoms with E-state index >= 15 is 0 Å². The Balaban J connectivity index is 1.33. The largest absolute Gasteiger partial charge is 0.309 e. The quantitative estimate of drug-likeness (QED) is 0.178. The molecular weight excluding hydrogens is 591 g/mol. The molecule has 0 unspecified atom stereocenters. The van der Waals surface area contributed by atoms with Gasteiger partial charge in [0.1, 0.15) is 0 Å². The van der Waals surface area contributed by atoms with Crippen LogP contribution < -0.4 is 4.90 Å². The number of rotatable bonds is 6. The van der Waals surface area contributed by atoms with Crippen LogP contribution in [-0.2, 0) is 0 Å². The highest BCUT2D eigenvalue weighted by Gasteiger charge is 2.22. The summed E-state index contributed by atoms with van der Waals surface area (Å²) in [5, 5.41) is 7.35. The average Bonchev–Trinajstić information content (AvgIpc) is 3.18. The van der Waals surface area contributed by atoms with Crippen LogP contribution in [0.1, 0.15) is 0 Å². The molecule has 0 fully saturated rings. The van der Waals surface area contributed by atoms with Crippen LogP contribution in [0.15, 0.2) is 200 Å². The molecule has 9 aromatic rings. The van der Waals surface area contributed by atoms with E-state index in [2.05, 4.69) is 205 Å². The average molecular weight is 624 g/mol. The van der Waals surface area contributed by atoms with Crippen LogP contribution >= 0.6 is 0 Å². The molecule has 9 rings (SSSR count). The maximum Gasteiger partial charge on any atom is 0.0546 e. The molecule has 1 nitrogen and oxygen atoms in total. The van der Waals surface area contributed by atoms with Crippen LogP contribution in [0.2, 0.25) is 0 Å². The molecule has 0 amide bonds. The van der Waals surface area contributed by atoms with Gasteiger partial charge in [0.05, 0.1) is 11.4 Å². The normalized spacial score (nSPS) is 11.3. The fraction of sp³-hybridized carbons (Fsp3) is 0. The van der Waals surface area contributed by atoms with Gasteiger partial charge in [-0.15, -0.1) is 0 Å². The molecule has 0 aliphatic carbocycles. The number of nitrogens with zero attached hydrogens (tertiary/aromatic N) is 1. The monoisotopic (exact) mass is 623 g/mol. The van der Waals surface area contributed by atoms with Crippen molar-refractivity contribution < 1.29 is 0 Å². The first-order valence-corrected chi connectivity index (χ1v) is 16.8. The highest BCUT2D eigenvalue weighted by molar-refractivity contribution is 6.05. The third-order valence-electron chi connectivity index (χ3n) is 9.62. The predicted molar refractivity (Wildman–Crippen MR) is 210 cm³/mol. The Morgan fingerprint density at radius 1 is 0.286 bits per heavy atom. The van der Waals surface area contributed by atoms with Gasteiger partial charge in [-0.2, -0.15) is 0 Å². The van der Waals surface area contributed by atoms with E-state index in [4.69, 9.17) is 0 Å². The molecule has 0 atom stereocenters. The molecule has 0 aliphatic heterocycles. The van der Waals surface area contributed by atoms with Crippen LogP contribution in [-0.4, -0.2) is 0 Å². The van der Waals surface area contributed by atoms with E-state index in [1.165, 1.54) is 65.7 Å². The van der Waals surface area contributed by atoms with E-state index < -0.39 is 0 Å². The van der Waals surface area contributed by atoms with E-state index in [-0.39, 0.29) is 0 Å². The summed E-state index contributed by atoms with van der Waals surface area (Å²) in [6.07, 6.45) is 0. The highest BCUT2D eigenvalue weighted by Crippen LogP contribution is 2.47. The van der Waals surface area contributed by atoms with Crippen LogP contribution in [0.5, 0.6) is 0 Å². The van der Waals surface area contributed by atoms with E-state index in [1.807, 2.05) is 0 Å². The summed E-state index contributed by atoms with van der Waals surface area (Å²) in [7, 11) is 0. The van der Waals surface area contributed by atoms with Crippen molar-refractivity contribution in [1.29, 1.82) is 0 Å². The number of fused-ring (bicyclic) bond motifs is 3. The zero-order chi connectivity index (χ0) is 32.6. The lowest BCUT2D eigenvalue weighted by Crippen LogP contribution is -2.12. The summed E-state index contributed by atoms with van der Waals surface area (Å²) < 4.78 is 0. The van der Waals surface area contributed by atoms with Crippen molar-refractivity contribution in [3.63, 3.8) is 0 Å². The van der Waals surface area contributed by atoms with Gasteiger partial charge in [-0.25, -0.2) is 0 Å². The second-order valence-electron chi connectivity index (χ2n) is 12.6. The lowest BCUT2D eigenvalue weighted by Gasteiger charge is -2.30. The Hall–Kier alpha value is -6.44. The highest BCUT2D eigenvalue weighted by atomic mass is 15.1. The molecule has 49 heavy (non-hydrogen) atoms. The summed E-state index contributed by atoms with van der Waals surface area (Å²) >= 11 is 0. The summed E-state index contributed by atoms with van der Waals surface area (Å²) in [5.41, 5.74) is 10.6. The molecule has 0 aliphatic rings. The molecule has 0 aromatic heterocycles. The Morgan fingerprint density at radius 2 is 0.796 bits per heavy atom. The van der Waals surface area contributed by atoms with Crippen molar-refractivity contribution >= 4 is 49.4 Å². The minimum atomic E-state index is 1.11. The molecule has 9 aromatic carbocycles. The van der Waals surface area contributed by atoms with E-state index in [9.17, 15) is 0 Å². The Morgan fingerprint density at radius 3 is 1.53 bits per heavy atom. The zero-order valence-electron chi connectivity index (χ0n) is 27.0. The van der Waals surface area contributed by atoms with Gasteiger partial charge in [0, 0.05) is 16.6 Å².